The summed E-state index contributed by atoms with van der Waals surface area (Å²) < 4.78 is 0. The van der Waals surface area contributed by atoms with Gasteiger partial charge in [-0.05, 0) is 18.8 Å². The second kappa shape index (κ2) is 2.58. The molecule has 0 heterocycles. The fraction of sp³-hybridized carbons (Fsp3) is 0.857. The molecule has 0 radical (unpaired) electrons. The van der Waals surface area contributed by atoms with Crippen LogP contribution in [0.2, 0.25) is 0 Å². The Morgan fingerprint density at radius 3 is 2.30 bits per heavy atom. The van der Waals surface area contributed by atoms with Crippen LogP contribution in [-0.2, 0) is 4.79 Å². The van der Waals surface area contributed by atoms with Crippen LogP contribution in [0.3, 0.4) is 0 Å². The second-order valence-corrected chi connectivity index (χ2v) is 3.05. The topological polar surface area (TPSA) is 57.5 Å². The molecular weight excluding hydrogens is 132 g/mol. The Morgan fingerprint density at radius 1 is 1.50 bits per heavy atom. The summed E-state index contributed by atoms with van der Waals surface area (Å²) in [6.07, 6.45) is 0.670. The molecule has 1 aliphatic rings. The molecule has 3 heteroatoms. The summed E-state index contributed by atoms with van der Waals surface area (Å²) in [6, 6.07) is 0. The number of carboxylic acid groups (broad SMARTS) is 1. The number of aliphatic carboxylic acids is 1. The Hall–Kier alpha value is -0.570. The summed E-state index contributed by atoms with van der Waals surface area (Å²) in [4.78, 5) is 10.4. The highest BCUT2D eigenvalue weighted by atomic mass is 16.4. The maximum Gasteiger partial charge on any atom is 0.306 e. The average Bonchev–Trinajstić information content (AvgIpc) is 2.10. The third-order valence-corrected chi connectivity index (χ3v) is 2.17. The molecule has 58 valence electrons. The molecule has 0 aromatic heterocycles. The zero-order valence-corrected chi connectivity index (χ0v) is 5.95. The number of rotatable bonds is 1. The molecule has 3 atom stereocenters. The first-order valence-corrected chi connectivity index (χ1v) is 3.52. The molecule has 0 bridgehead atoms. The van der Waals surface area contributed by atoms with E-state index in [2.05, 4.69) is 0 Å². The van der Waals surface area contributed by atoms with Gasteiger partial charge in [-0.3, -0.25) is 4.79 Å². The Kier molecular flexibility index (Phi) is 1.94. The van der Waals surface area contributed by atoms with E-state index in [1.807, 2.05) is 6.92 Å². The van der Waals surface area contributed by atoms with E-state index < -0.39 is 12.1 Å². The first-order chi connectivity index (χ1) is 4.61. The van der Waals surface area contributed by atoms with Crippen LogP contribution in [0.5, 0.6) is 0 Å². The molecule has 0 aliphatic heterocycles. The molecule has 0 amide bonds. The van der Waals surface area contributed by atoms with Crippen LogP contribution in [0.1, 0.15) is 19.8 Å². The van der Waals surface area contributed by atoms with Crippen molar-refractivity contribution in [3.8, 4) is 0 Å². The Labute approximate surface area is 59.7 Å². The predicted octanol–water partition coefficient (Wildman–Crippen LogP) is 0.478. The summed E-state index contributed by atoms with van der Waals surface area (Å²) in [5.41, 5.74) is 0. The highest BCUT2D eigenvalue weighted by molar-refractivity contribution is 5.70. The minimum absolute atomic E-state index is 0.132. The summed E-state index contributed by atoms with van der Waals surface area (Å²) in [5, 5.41) is 17.6. The zero-order chi connectivity index (χ0) is 7.72. The lowest BCUT2D eigenvalue weighted by atomic mass is 9.99. The highest BCUT2D eigenvalue weighted by Crippen LogP contribution is 2.31. The van der Waals surface area contributed by atoms with Gasteiger partial charge >= 0.3 is 5.97 Å². The number of hydrogen-bond donors (Lipinski definition) is 2. The van der Waals surface area contributed by atoms with E-state index in [0.717, 1.165) is 0 Å². The molecule has 1 rings (SSSR count). The van der Waals surface area contributed by atoms with Gasteiger partial charge in [-0.2, -0.15) is 0 Å². The lowest BCUT2D eigenvalue weighted by Gasteiger charge is -2.06. The molecule has 1 saturated carbocycles. The van der Waals surface area contributed by atoms with Crippen molar-refractivity contribution in [3.63, 3.8) is 0 Å². The van der Waals surface area contributed by atoms with Gasteiger partial charge in [-0.1, -0.05) is 6.92 Å². The van der Waals surface area contributed by atoms with Crippen molar-refractivity contribution in [1.82, 2.24) is 0 Å². The third kappa shape index (κ3) is 1.29. The van der Waals surface area contributed by atoms with Gasteiger partial charge < -0.3 is 10.2 Å². The standard InChI is InChI=1S/C7H12O3/c1-4-2-5(8)3-6(4)7(9)10/h4-6,8H,2-3H2,1H3,(H,9,10)/t4-,5+,6+/m0/s1. The van der Waals surface area contributed by atoms with Crippen LogP contribution in [0.15, 0.2) is 0 Å². The molecule has 1 fully saturated rings. The lowest BCUT2D eigenvalue weighted by Crippen LogP contribution is -2.15. The van der Waals surface area contributed by atoms with Gasteiger partial charge in [-0.25, -0.2) is 0 Å². The van der Waals surface area contributed by atoms with Crippen molar-refractivity contribution in [2.45, 2.75) is 25.9 Å². The monoisotopic (exact) mass is 144 g/mol. The lowest BCUT2D eigenvalue weighted by molar-refractivity contribution is -0.142. The summed E-state index contributed by atoms with van der Waals surface area (Å²) >= 11 is 0. The quantitative estimate of drug-likeness (QED) is 0.562. The minimum Gasteiger partial charge on any atom is -0.481 e. The number of carbonyl (C=O) groups is 1. The van der Waals surface area contributed by atoms with E-state index in [-0.39, 0.29) is 11.8 Å². The summed E-state index contributed by atoms with van der Waals surface area (Å²) in [7, 11) is 0. The van der Waals surface area contributed by atoms with E-state index >= 15 is 0 Å². The average molecular weight is 144 g/mol. The maximum absolute atomic E-state index is 10.4. The largest absolute Gasteiger partial charge is 0.481 e. The van der Waals surface area contributed by atoms with E-state index in [1.54, 1.807) is 0 Å². The Balaban J connectivity index is 2.54. The first-order valence-electron chi connectivity index (χ1n) is 3.52. The van der Waals surface area contributed by atoms with Crippen molar-refractivity contribution >= 4 is 5.97 Å². The van der Waals surface area contributed by atoms with Crippen molar-refractivity contribution in [2.75, 3.05) is 0 Å². The second-order valence-electron chi connectivity index (χ2n) is 3.05. The molecular formula is C7H12O3. The molecule has 3 nitrogen and oxygen atoms in total. The van der Waals surface area contributed by atoms with Gasteiger partial charge in [0.25, 0.3) is 0 Å². The van der Waals surface area contributed by atoms with Crippen LogP contribution in [0, 0.1) is 11.8 Å². The highest BCUT2D eigenvalue weighted by Gasteiger charge is 2.34. The van der Waals surface area contributed by atoms with Gasteiger partial charge in [0.2, 0.25) is 0 Å². The zero-order valence-electron chi connectivity index (χ0n) is 5.95. The smallest absolute Gasteiger partial charge is 0.306 e. The number of aliphatic hydroxyl groups is 1. The van der Waals surface area contributed by atoms with E-state index in [4.69, 9.17) is 10.2 Å². The predicted molar refractivity (Wildman–Crippen MR) is 35.5 cm³/mol. The summed E-state index contributed by atoms with van der Waals surface area (Å²) in [5.74, 6) is -0.966. The van der Waals surface area contributed by atoms with Gasteiger partial charge in [0.05, 0.1) is 12.0 Å². The van der Waals surface area contributed by atoms with Crippen LogP contribution >= 0.6 is 0 Å². The van der Waals surface area contributed by atoms with Gasteiger partial charge in [0.15, 0.2) is 0 Å². The van der Waals surface area contributed by atoms with Crippen LogP contribution in [-0.4, -0.2) is 22.3 Å². The molecule has 0 saturated heterocycles. The molecule has 0 aromatic rings. The Morgan fingerprint density at radius 2 is 2.10 bits per heavy atom. The van der Waals surface area contributed by atoms with Crippen LogP contribution in [0.4, 0.5) is 0 Å². The van der Waals surface area contributed by atoms with Crippen molar-refractivity contribution in [2.24, 2.45) is 11.8 Å². The molecule has 2 N–H and O–H groups in total. The fourth-order valence-electron chi connectivity index (χ4n) is 1.56. The van der Waals surface area contributed by atoms with Gasteiger partial charge in [-0.15, -0.1) is 0 Å². The Bertz CT molecular complexity index is 144. The van der Waals surface area contributed by atoms with E-state index in [0.29, 0.717) is 12.8 Å². The maximum atomic E-state index is 10.4. The van der Waals surface area contributed by atoms with Crippen LogP contribution < -0.4 is 0 Å². The molecule has 0 spiro atoms. The molecule has 0 unspecified atom stereocenters. The number of aliphatic hydroxyl groups excluding tert-OH is 1. The summed E-state index contributed by atoms with van der Waals surface area (Å²) in [6.45, 7) is 1.87. The van der Waals surface area contributed by atoms with Crippen molar-refractivity contribution in [3.05, 3.63) is 0 Å². The molecule has 10 heavy (non-hydrogen) atoms. The first kappa shape index (κ1) is 7.54. The van der Waals surface area contributed by atoms with Crippen molar-refractivity contribution < 1.29 is 15.0 Å². The minimum atomic E-state index is -0.774. The number of hydrogen-bond acceptors (Lipinski definition) is 2. The SMILES string of the molecule is C[C@H]1C[C@@H](O)C[C@H]1C(=O)O. The van der Waals surface area contributed by atoms with Gasteiger partial charge in [0.1, 0.15) is 0 Å². The van der Waals surface area contributed by atoms with E-state index in [1.165, 1.54) is 0 Å². The van der Waals surface area contributed by atoms with Crippen LogP contribution in [0.25, 0.3) is 0 Å². The normalized spacial score (nSPS) is 40.0. The number of carboxylic acids is 1. The van der Waals surface area contributed by atoms with Crippen molar-refractivity contribution in [1.29, 1.82) is 0 Å². The molecule has 1 aliphatic carbocycles. The van der Waals surface area contributed by atoms with Gasteiger partial charge in [0, 0.05) is 0 Å². The molecule has 0 aromatic carbocycles. The van der Waals surface area contributed by atoms with E-state index in [9.17, 15) is 4.79 Å². The fourth-order valence-corrected chi connectivity index (χ4v) is 1.56. The third-order valence-electron chi connectivity index (χ3n) is 2.17.